The van der Waals surface area contributed by atoms with Gasteiger partial charge in [-0.15, -0.1) is 0 Å². The fourth-order valence-corrected chi connectivity index (χ4v) is 7.44. The number of piperazine rings is 1. The molecule has 0 bridgehead atoms. The topological polar surface area (TPSA) is 165 Å². The molecule has 8 aliphatic rings. The molecule has 0 radical (unpaired) electrons. The van der Waals surface area contributed by atoms with Crippen LogP contribution in [0.25, 0.3) is 0 Å². The van der Waals surface area contributed by atoms with Crippen molar-refractivity contribution in [1.29, 1.82) is 0 Å². The summed E-state index contributed by atoms with van der Waals surface area (Å²) in [6, 6.07) is 7.96. The van der Waals surface area contributed by atoms with Gasteiger partial charge in [0.05, 0.1) is 19.6 Å². The summed E-state index contributed by atoms with van der Waals surface area (Å²) in [6.07, 6.45) is 12.3. The van der Waals surface area contributed by atoms with E-state index >= 15 is 0 Å². The summed E-state index contributed by atoms with van der Waals surface area (Å²) in [5.74, 6) is 1.87. The maximum atomic E-state index is 12.1. The van der Waals surface area contributed by atoms with Crippen molar-refractivity contribution in [2.75, 3.05) is 141 Å². The largest absolute Gasteiger partial charge is 0.448 e. The summed E-state index contributed by atoms with van der Waals surface area (Å²) in [7, 11) is 11.5. The van der Waals surface area contributed by atoms with Gasteiger partial charge in [-0.05, 0) is 96.6 Å². The van der Waals surface area contributed by atoms with Crippen molar-refractivity contribution < 1.29 is 43.0 Å². The van der Waals surface area contributed by atoms with E-state index in [0.717, 1.165) is 116 Å². The van der Waals surface area contributed by atoms with Gasteiger partial charge in [-0.3, -0.25) is 24.0 Å². The number of morpholine rings is 1. The molecule has 0 aliphatic carbocycles. The first kappa shape index (κ1) is 59.1. The molecule has 9 rings (SSSR count). The average Bonchev–Trinajstić information content (AvgIpc) is 4.14. The Morgan fingerprint density at radius 2 is 1.19 bits per heavy atom. The Bertz CT molecular complexity index is 1560. The van der Waals surface area contributed by atoms with Gasteiger partial charge in [0.25, 0.3) is 0 Å². The van der Waals surface area contributed by atoms with Crippen LogP contribution in [0.15, 0.2) is 24.3 Å². The highest BCUT2D eigenvalue weighted by Gasteiger charge is 2.20. The number of carbonyl (C=O) groups excluding carboxylic acids is 6. The fraction of sp³-hybridized carbons (Fsp3) is 0.755. The molecule has 8 aliphatic heterocycles. The number of likely N-dealkylation sites (tertiary alicyclic amines) is 3. The number of likely N-dealkylation sites (N-methyl/N-ethyl adjacent to an activating group) is 3. The van der Waals surface area contributed by atoms with E-state index in [0.29, 0.717) is 42.5 Å². The Morgan fingerprint density at radius 1 is 0.612 bits per heavy atom. The normalized spacial score (nSPS) is 22.8. The number of piperidine rings is 2. The molecule has 1 aromatic rings. The Labute approximate surface area is 407 Å². The van der Waals surface area contributed by atoms with Crippen LogP contribution in [-0.2, 0) is 44.6 Å². The molecule has 1 aromatic carbocycles. The number of nitrogens with one attached hydrogen (secondary N) is 1. The van der Waals surface area contributed by atoms with Crippen LogP contribution in [0.1, 0.15) is 90.0 Å². The molecule has 8 heterocycles. The van der Waals surface area contributed by atoms with Gasteiger partial charge in [-0.2, -0.15) is 0 Å². The quantitative estimate of drug-likeness (QED) is 0.444. The summed E-state index contributed by atoms with van der Waals surface area (Å²) in [5.41, 5.74) is 0.915. The second-order valence-corrected chi connectivity index (χ2v) is 18.8. The Balaban J connectivity index is 0.000000271. The number of ether oxygens (including phenoxy) is 3. The Morgan fingerprint density at radius 3 is 1.54 bits per heavy atom. The van der Waals surface area contributed by atoms with E-state index in [9.17, 15) is 28.8 Å². The Hall–Kier alpha value is -4.03. The van der Waals surface area contributed by atoms with Gasteiger partial charge in [-0.1, -0.05) is 43.1 Å². The van der Waals surface area contributed by atoms with Crippen molar-refractivity contribution in [3.8, 4) is 0 Å². The van der Waals surface area contributed by atoms with Gasteiger partial charge in [-0.25, -0.2) is 4.79 Å². The van der Waals surface area contributed by atoms with E-state index in [4.69, 9.17) is 21.1 Å². The third-order valence-corrected chi connectivity index (χ3v) is 12.5. The van der Waals surface area contributed by atoms with E-state index in [1.807, 2.05) is 50.2 Å². The monoisotopic (exact) mass is 965 g/mol. The van der Waals surface area contributed by atoms with E-state index < -0.39 is 0 Å². The van der Waals surface area contributed by atoms with Gasteiger partial charge in [0, 0.05) is 118 Å². The molecule has 8 fully saturated rings. The predicted molar refractivity (Wildman–Crippen MR) is 263 cm³/mol. The SMILES string of the molecule is CC1CCC(=O)N1.CC1CCOC1.CN1CCCC1=O.CN1CCCCC1.CN1CCCCC1=O.CN1CCN(C(=O)Cc2ccccc2Cl)CC1.CN1CCOC1=O.CN1CCOCC1=O. The first-order valence-corrected chi connectivity index (χ1v) is 24.8. The smallest absolute Gasteiger partial charge is 0.409 e. The zero-order chi connectivity index (χ0) is 49.6. The first-order valence-electron chi connectivity index (χ1n) is 24.4. The Kier molecular flexibility index (Phi) is 30.2. The molecular formula is C49H85ClN8O9. The highest BCUT2D eigenvalue weighted by Crippen LogP contribution is 2.17. The van der Waals surface area contributed by atoms with Crippen LogP contribution in [0.2, 0.25) is 5.02 Å². The lowest BCUT2D eigenvalue weighted by atomic mass is 10.1. The number of amides is 6. The molecule has 67 heavy (non-hydrogen) atoms. The van der Waals surface area contributed by atoms with Crippen molar-refractivity contribution >= 4 is 47.2 Å². The molecule has 0 saturated carbocycles. The molecule has 0 aromatic heterocycles. The summed E-state index contributed by atoms with van der Waals surface area (Å²) in [6.45, 7) is 17.3. The third kappa shape index (κ3) is 26.9. The molecule has 6 amide bonds. The van der Waals surface area contributed by atoms with Gasteiger partial charge in [0.15, 0.2) is 0 Å². The molecule has 1 N–H and O–H groups in total. The molecule has 2 atom stereocenters. The van der Waals surface area contributed by atoms with Gasteiger partial charge in [0.1, 0.15) is 13.2 Å². The van der Waals surface area contributed by atoms with E-state index in [2.05, 4.69) is 40.9 Å². The zero-order valence-electron chi connectivity index (χ0n) is 42.2. The van der Waals surface area contributed by atoms with E-state index in [-0.39, 0.29) is 30.4 Å². The lowest BCUT2D eigenvalue weighted by molar-refractivity contribution is -0.140. The van der Waals surface area contributed by atoms with Crippen molar-refractivity contribution in [2.45, 2.75) is 96.9 Å². The molecule has 8 saturated heterocycles. The van der Waals surface area contributed by atoms with Crippen LogP contribution in [0, 0.1) is 5.92 Å². The van der Waals surface area contributed by atoms with Crippen LogP contribution in [0.4, 0.5) is 4.79 Å². The van der Waals surface area contributed by atoms with Crippen molar-refractivity contribution in [3.63, 3.8) is 0 Å². The molecule has 17 nitrogen and oxygen atoms in total. The minimum Gasteiger partial charge on any atom is -0.448 e. The summed E-state index contributed by atoms with van der Waals surface area (Å²) < 4.78 is 14.5. The maximum absolute atomic E-state index is 12.1. The van der Waals surface area contributed by atoms with Crippen molar-refractivity contribution in [2.24, 2.45) is 5.92 Å². The number of hydrogen-bond acceptors (Lipinski definition) is 11. The number of carbonyl (C=O) groups is 6. The van der Waals surface area contributed by atoms with Crippen molar-refractivity contribution in [1.82, 2.24) is 39.6 Å². The highest BCUT2D eigenvalue weighted by molar-refractivity contribution is 6.31. The van der Waals surface area contributed by atoms with Crippen LogP contribution in [0.5, 0.6) is 0 Å². The maximum Gasteiger partial charge on any atom is 0.409 e. The number of benzene rings is 1. The minimum atomic E-state index is -0.208. The molecule has 2 unspecified atom stereocenters. The minimum absolute atomic E-state index is 0.0799. The van der Waals surface area contributed by atoms with Crippen LogP contribution >= 0.6 is 11.6 Å². The molecular weight excluding hydrogens is 880 g/mol. The first-order chi connectivity index (χ1) is 32.0. The van der Waals surface area contributed by atoms with Crippen LogP contribution in [0.3, 0.4) is 0 Å². The second-order valence-electron chi connectivity index (χ2n) is 18.4. The van der Waals surface area contributed by atoms with Crippen LogP contribution in [-0.4, -0.2) is 217 Å². The molecule has 18 heteroatoms. The number of hydrogen-bond donors (Lipinski definition) is 1. The average molecular weight is 966 g/mol. The number of nitrogens with zero attached hydrogens (tertiary/aromatic N) is 7. The molecule has 382 valence electrons. The number of cyclic esters (lactones) is 1. The highest BCUT2D eigenvalue weighted by atomic mass is 35.5. The second kappa shape index (κ2) is 34.3. The fourth-order valence-electron chi connectivity index (χ4n) is 7.23. The number of rotatable bonds is 2. The predicted octanol–water partition coefficient (Wildman–Crippen LogP) is 4.50. The zero-order valence-corrected chi connectivity index (χ0v) is 43.0. The lowest BCUT2D eigenvalue weighted by Gasteiger charge is -2.32. The summed E-state index contributed by atoms with van der Waals surface area (Å²) in [5, 5.41) is 3.45. The summed E-state index contributed by atoms with van der Waals surface area (Å²) >= 11 is 6.05. The third-order valence-electron chi connectivity index (χ3n) is 12.2. The van der Waals surface area contributed by atoms with Gasteiger partial charge in [0.2, 0.25) is 29.5 Å². The standard InChI is InChI=1S/C13H17ClN2O.C6H11NO.C6H13N.C5H9NO2.2C5H9NO.C5H10O.C4H7NO2/c1-15-6-8-16(9-7-15)13(17)10-11-4-2-3-5-12(11)14;1-7-5-3-2-4-6(7)8;1-7-5-3-2-4-6-7;1-6-2-3-8-4-5(6)7;1-6-4-2-3-5(6)7;1-4-2-3-5(7)6-4;1-5-2-3-6-4-5;1-5-2-3-7-4(5)6/h2-5H,6-10H2,1H3;2-5H2,1H3;2-6H2,1H3;2-4H2,1H3;2-4H2,1H3;4H,2-3H2,1H3,(H,6,7);5H,2-4H2,1H3;2-3H2,1H3. The van der Waals surface area contributed by atoms with Crippen molar-refractivity contribution in [3.05, 3.63) is 34.9 Å². The summed E-state index contributed by atoms with van der Waals surface area (Å²) in [4.78, 5) is 77.8. The van der Waals surface area contributed by atoms with E-state index in [1.54, 1.807) is 33.7 Å². The number of halogens is 1. The van der Waals surface area contributed by atoms with Gasteiger partial charge >= 0.3 is 6.09 Å². The lowest BCUT2D eigenvalue weighted by Crippen LogP contribution is -2.47. The van der Waals surface area contributed by atoms with Gasteiger partial charge < -0.3 is 53.8 Å². The van der Waals surface area contributed by atoms with E-state index in [1.165, 1.54) is 45.2 Å². The van der Waals surface area contributed by atoms with Crippen LogP contribution < -0.4 is 5.32 Å². The molecule has 0 spiro atoms.